The predicted molar refractivity (Wildman–Crippen MR) is 110 cm³/mol. The number of aromatic nitrogens is 1. The van der Waals surface area contributed by atoms with Gasteiger partial charge in [-0.1, -0.05) is 82.0 Å². The van der Waals surface area contributed by atoms with E-state index in [0.717, 1.165) is 67.6 Å². The summed E-state index contributed by atoms with van der Waals surface area (Å²) in [5.74, 6) is 6.09. The van der Waals surface area contributed by atoms with Gasteiger partial charge in [-0.3, -0.25) is 9.78 Å². The second-order valence-corrected chi connectivity index (χ2v) is 8.02. The summed E-state index contributed by atoms with van der Waals surface area (Å²) >= 11 is 1.12. The molecule has 0 radical (unpaired) electrons. The van der Waals surface area contributed by atoms with Gasteiger partial charge in [0.2, 0.25) is 5.88 Å². The molecule has 1 unspecified atom stereocenters. The molecule has 1 aromatic heterocycles. The maximum Gasteiger partial charge on any atom is 0.307 e. The van der Waals surface area contributed by atoms with Crippen molar-refractivity contribution < 1.29 is 10.2 Å². The van der Waals surface area contributed by atoms with Gasteiger partial charge in [-0.05, 0) is 25.7 Å². The van der Waals surface area contributed by atoms with Crippen LogP contribution in [0.1, 0.15) is 95.3 Å². The number of unbranched alkanes of at least 4 members (excludes halogenated alkanes) is 10. The Morgan fingerprint density at radius 2 is 1.62 bits per heavy atom. The first-order chi connectivity index (χ1) is 12.6. The summed E-state index contributed by atoms with van der Waals surface area (Å²) in [5, 5.41) is 19.1. The third-order valence-electron chi connectivity index (χ3n) is 4.51. The maximum absolute atomic E-state index is 11.1. The summed E-state index contributed by atoms with van der Waals surface area (Å²) < 4.78 is 0. The molecule has 0 fully saturated rings. The van der Waals surface area contributed by atoms with Gasteiger partial charge in [0.25, 0.3) is 0 Å². The average molecular weight is 382 g/mol. The molecule has 1 aromatic rings. The molecule has 0 aliphatic carbocycles. The highest BCUT2D eigenvalue weighted by atomic mass is 32.1. The molecule has 1 rings (SSSR count). The van der Waals surface area contributed by atoms with E-state index in [0.29, 0.717) is 0 Å². The molecule has 26 heavy (non-hydrogen) atoms. The minimum atomic E-state index is -0.431. The van der Waals surface area contributed by atoms with Crippen molar-refractivity contribution in [1.82, 2.24) is 4.98 Å². The van der Waals surface area contributed by atoms with Crippen molar-refractivity contribution in [3.8, 4) is 17.7 Å². The van der Waals surface area contributed by atoms with Crippen molar-refractivity contribution in [1.29, 1.82) is 0 Å². The first-order valence-corrected chi connectivity index (χ1v) is 11.0. The second-order valence-electron chi connectivity index (χ2n) is 6.95. The van der Waals surface area contributed by atoms with Crippen LogP contribution in [0, 0.1) is 11.8 Å². The van der Waals surface area contributed by atoms with Gasteiger partial charge in [0.1, 0.15) is 6.10 Å². The van der Waals surface area contributed by atoms with Crippen LogP contribution < -0.4 is 4.87 Å². The number of nitrogens with one attached hydrogen (secondary N) is 1. The molecule has 0 aromatic carbocycles. The normalized spacial score (nSPS) is 11.9. The Hall–Kier alpha value is -1.25. The number of aryl methyl sites for hydroxylation is 1. The standard InChI is InChI=1S/C21H35NO3S/c1-2-3-15-18(23)16-13-11-9-7-5-4-6-8-10-12-14-17-19-20(24)22-21(25)26-19/h18,23-24H,2-12,14-15,17H2,1H3,(H,22,25). The van der Waals surface area contributed by atoms with E-state index in [1.54, 1.807) is 0 Å². The minimum absolute atomic E-state index is 0.0557. The molecule has 0 amide bonds. The lowest BCUT2D eigenvalue weighted by Gasteiger charge is -2.02. The third kappa shape index (κ3) is 11.4. The van der Waals surface area contributed by atoms with Crippen LogP contribution in [-0.4, -0.2) is 21.3 Å². The first kappa shape index (κ1) is 22.8. The fraction of sp³-hybridized carbons (Fsp3) is 0.762. The van der Waals surface area contributed by atoms with E-state index in [1.807, 2.05) is 0 Å². The van der Waals surface area contributed by atoms with E-state index < -0.39 is 6.10 Å². The van der Waals surface area contributed by atoms with Crippen molar-refractivity contribution in [3.05, 3.63) is 14.5 Å². The molecular weight excluding hydrogens is 346 g/mol. The van der Waals surface area contributed by atoms with E-state index in [4.69, 9.17) is 0 Å². The van der Waals surface area contributed by atoms with Gasteiger partial charge in [-0.25, -0.2) is 0 Å². The molecule has 1 atom stereocenters. The van der Waals surface area contributed by atoms with Crippen LogP contribution in [0.25, 0.3) is 0 Å². The molecule has 0 saturated carbocycles. The van der Waals surface area contributed by atoms with Gasteiger partial charge in [0.15, 0.2) is 0 Å². The number of rotatable bonds is 14. The van der Waals surface area contributed by atoms with Crippen molar-refractivity contribution >= 4 is 11.3 Å². The number of hydrogen-bond donors (Lipinski definition) is 3. The lowest BCUT2D eigenvalue weighted by Crippen LogP contribution is -2.01. The van der Waals surface area contributed by atoms with E-state index >= 15 is 0 Å². The van der Waals surface area contributed by atoms with Crippen molar-refractivity contribution in [2.24, 2.45) is 0 Å². The summed E-state index contributed by atoms with van der Waals surface area (Å²) in [7, 11) is 0. The summed E-state index contributed by atoms with van der Waals surface area (Å²) in [5.41, 5.74) is 0. The first-order valence-electron chi connectivity index (χ1n) is 10.2. The Morgan fingerprint density at radius 3 is 2.19 bits per heavy atom. The highest BCUT2D eigenvalue weighted by Gasteiger charge is 2.05. The van der Waals surface area contributed by atoms with E-state index in [1.165, 1.54) is 38.5 Å². The smallest absolute Gasteiger partial charge is 0.307 e. The molecule has 0 spiro atoms. The van der Waals surface area contributed by atoms with Gasteiger partial charge in [0, 0.05) is 6.42 Å². The zero-order valence-electron chi connectivity index (χ0n) is 16.2. The largest absolute Gasteiger partial charge is 0.494 e. The van der Waals surface area contributed by atoms with Crippen LogP contribution in [0.5, 0.6) is 5.88 Å². The fourth-order valence-electron chi connectivity index (χ4n) is 2.92. The fourth-order valence-corrected chi connectivity index (χ4v) is 3.68. The van der Waals surface area contributed by atoms with Crippen molar-refractivity contribution in [2.75, 3.05) is 0 Å². The van der Waals surface area contributed by atoms with Crippen LogP contribution in [-0.2, 0) is 6.42 Å². The number of aromatic hydroxyl groups is 1. The Balaban J connectivity index is 1.86. The van der Waals surface area contributed by atoms with E-state index in [9.17, 15) is 15.0 Å². The van der Waals surface area contributed by atoms with Crippen LogP contribution in [0.4, 0.5) is 0 Å². The molecule has 0 bridgehead atoms. The van der Waals surface area contributed by atoms with Crippen LogP contribution in [0.2, 0.25) is 0 Å². The SMILES string of the molecule is CCCCC(O)C#CCCCCCCCCCCCc1sc(=O)[nH]c1O. The monoisotopic (exact) mass is 381 g/mol. The Morgan fingerprint density at radius 1 is 1.00 bits per heavy atom. The molecule has 1 heterocycles. The van der Waals surface area contributed by atoms with Gasteiger partial charge in [-0.15, -0.1) is 5.92 Å². The number of aromatic amines is 1. The Bertz CT molecular complexity index is 582. The average Bonchev–Trinajstić information content (AvgIpc) is 2.94. The van der Waals surface area contributed by atoms with Crippen LogP contribution in [0.15, 0.2) is 4.79 Å². The summed E-state index contributed by atoms with van der Waals surface area (Å²) in [4.78, 5) is 14.1. The van der Waals surface area contributed by atoms with Gasteiger partial charge >= 0.3 is 4.87 Å². The quantitative estimate of drug-likeness (QED) is 0.308. The zero-order chi connectivity index (χ0) is 19.0. The van der Waals surface area contributed by atoms with Crippen molar-refractivity contribution in [3.63, 3.8) is 0 Å². The van der Waals surface area contributed by atoms with Crippen LogP contribution >= 0.6 is 11.3 Å². The number of aliphatic hydroxyl groups is 1. The Kier molecular flexibility index (Phi) is 13.0. The number of H-pyrrole nitrogens is 1. The molecule has 4 nitrogen and oxygen atoms in total. The summed E-state index contributed by atoms with van der Waals surface area (Å²) in [6.45, 7) is 2.13. The predicted octanol–water partition coefficient (Wildman–Crippen LogP) is 5.14. The number of aliphatic hydroxyl groups excluding tert-OH is 1. The summed E-state index contributed by atoms with van der Waals surface area (Å²) in [6.07, 6.45) is 15.1. The topological polar surface area (TPSA) is 73.3 Å². The third-order valence-corrected chi connectivity index (χ3v) is 5.44. The lowest BCUT2D eigenvalue weighted by molar-refractivity contribution is 0.218. The molecule has 148 valence electrons. The zero-order valence-corrected chi connectivity index (χ0v) is 17.0. The lowest BCUT2D eigenvalue weighted by atomic mass is 10.1. The molecular formula is C21H35NO3S. The number of hydrogen-bond acceptors (Lipinski definition) is 4. The van der Waals surface area contributed by atoms with E-state index in [2.05, 4.69) is 23.7 Å². The number of thiazole rings is 1. The maximum atomic E-state index is 11.1. The summed E-state index contributed by atoms with van der Waals surface area (Å²) in [6, 6.07) is 0. The molecule has 0 aliphatic heterocycles. The van der Waals surface area contributed by atoms with Crippen LogP contribution in [0.3, 0.4) is 0 Å². The van der Waals surface area contributed by atoms with Crippen molar-refractivity contribution in [2.45, 2.75) is 103 Å². The Labute approximate surface area is 162 Å². The highest BCUT2D eigenvalue weighted by molar-refractivity contribution is 7.09. The van der Waals surface area contributed by atoms with Gasteiger partial charge in [-0.2, -0.15) is 0 Å². The highest BCUT2D eigenvalue weighted by Crippen LogP contribution is 2.19. The minimum Gasteiger partial charge on any atom is -0.494 e. The van der Waals surface area contributed by atoms with Gasteiger partial charge in [0.05, 0.1) is 4.88 Å². The second kappa shape index (κ2) is 14.9. The molecule has 5 heteroatoms. The molecule has 3 N–H and O–H groups in total. The van der Waals surface area contributed by atoms with E-state index in [-0.39, 0.29) is 10.8 Å². The molecule has 0 saturated heterocycles. The van der Waals surface area contributed by atoms with Gasteiger partial charge < -0.3 is 10.2 Å². The molecule has 0 aliphatic rings.